The van der Waals surface area contributed by atoms with Gasteiger partial charge in [0.25, 0.3) is 0 Å². The number of benzene rings is 7. The van der Waals surface area contributed by atoms with E-state index in [4.69, 9.17) is 0 Å². The molecule has 8 rings (SSSR count). The van der Waals surface area contributed by atoms with Gasteiger partial charge in [0.2, 0.25) is 0 Å². The van der Waals surface area contributed by atoms with Crippen LogP contribution in [0.3, 0.4) is 0 Å². The summed E-state index contributed by atoms with van der Waals surface area (Å²) >= 11 is 0. The van der Waals surface area contributed by atoms with Crippen LogP contribution in [-0.2, 0) is 0 Å². The summed E-state index contributed by atoms with van der Waals surface area (Å²) < 4.78 is 0. The van der Waals surface area contributed by atoms with Crippen molar-refractivity contribution >= 4 is 39.5 Å². The lowest BCUT2D eigenvalue weighted by Crippen LogP contribution is -2.10. The monoisotopic (exact) mass is 547 g/mol. The predicted octanol–water partition coefficient (Wildman–Crippen LogP) is 11.5. The van der Waals surface area contributed by atoms with Crippen LogP contribution in [0.25, 0.3) is 44.7 Å². The van der Waals surface area contributed by atoms with E-state index in [0.29, 0.717) is 0 Å². The first kappa shape index (κ1) is 25.1. The van der Waals surface area contributed by atoms with Gasteiger partial charge in [-0.05, 0) is 97.8 Å². The molecule has 0 atom stereocenters. The second-order valence-electron chi connectivity index (χ2n) is 11.0. The van der Waals surface area contributed by atoms with Gasteiger partial charge in [0, 0.05) is 17.1 Å². The Kier molecular flexibility index (Phi) is 6.20. The van der Waals surface area contributed by atoms with E-state index in [-0.39, 0.29) is 0 Å². The van der Waals surface area contributed by atoms with Crippen LogP contribution in [0.15, 0.2) is 170 Å². The minimum atomic E-state index is 1.12. The number of rotatable bonds is 6. The Hall–Kier alpha value is -5.66. The van der Waals surface area contributed by atoms with Gasteiger partial charge in [-0.15, -0.1) is 0 Å². The van der Waals surface area contributed by atoms with Crippen LogP contribution >= 0.6 is 0 Å². The SMILES string of the molecule is C1=C(c2ccc(N(c3ccc(-c4ccccc4)cc3)c3ccc(-c4ccccc4)cc3)cc2)c2cccc3cccc1c23. The van der Waals surface area contributed by atoms with Crippen molar-refractivity contribution in [2.75, 3.05) is 4.90 Å². The number of anilines is 3. The molecule has 7 aromatic carbocycles. The zero-order chi connectivity index (χ0) is 28.6. The maximum absolute atomic E-state index is 2.34. The summed E-state index contributed by atoms with van der Waals surface area (Å²) in [6.07, 6.45) is 2.33. The Bertz CT molecular complexity index is 1980. The Morgan fingerprint density at radius 3 is 1.28 bits per heavy atom. The first-order valence-corrected chi connectivity index (χ1v) is 14.8. The fourth-order valence-electron chi connectivity index (χ4n) is 6.29. The molecule has 0 radical (unpaired) electrons. The summed E-state index contributed by atoms with van der Waals surface area (Å²) in [6, 6.07) is 61.0. The molecule has 0 heterocycles. The van der Waals surface area contributed by atoms with E-state index in [9.17, 15) is 0 Å². The van der Waals surface area contributed by atoms with Crippen LogP contribution in [0.1, 0.15) is 16.7 Å². The summed E-state index contributed by atoms with van der Waals surface area (Å²) in [7, 11) is 0. The van der Waals surface area contributed by atoms with Crippen LogP contribution < -0.4 is 4.90 Å². The minimum absolute atomic E-state index is 1.12. The van der Waals surface area contributed by atoms with Crippen molar-refractivity contribution in [3.63, 3.8) is 0 Å². The lowest BCUT2D eigenvalue weighted by atomic mass is 9.97. The molecule has 1 aliphatic rings. The van der Waals surface area contributed by atoms with Gasteiger partial charge < -0.3 is 4.90 Å². The summed E-state index contributed by atoms with van der Waals surface area (Å²) in [6.45, 7) is 0. The quantitative estimate of drug-likeness (QED) is 0.200. The zero-order valence-electron chi connectivity index (χ0n) is 23.7. The second-order valence-corrected chi connectivity index (χ2v) is 11.0. The Labute approximate surface area is 252 Å². The summed E-state index contributed by atoms with van der Waals surface area (Å²) in [4.78, 5) is 2.34. The van der Waals surface area contributed by atoms with E-state index in [0.717, 1.165) is 17.1 Å². The summed E-state index contributed by atoms with van der Waals surface area (Å²) in [5, 5.41) is 2.64. The van der Waals surface area contributed by atoms with E-state index < -0.39 is 0 Å². The van der Waals surface area contributed by atoms with Crippen LogP contribution in [0.4, 0.5) is 17.1 Å². The van der Waals surface area contributed by atoms with Crippen molar-refractivity contribution in [3.8, 4) is 22.3 Å². The van der Waals surface area contributed by atoms with Gasteiger partial charge in [-0.3, -0.25) is 0 Å². The van der Waals surface area contributed by atoms with Gasteiger partial charge in [-0.1, -0.05) is 133 Å². The number of nitrogens with zero attached hydrogens (tertiary/aromatic N) is 1. The molecule has 0 spiro atoms. The highest BCUT2D eigenvalue weighted by Crippen LogP contribution is 2.42. The average molecular weight is 548 g/mol. The number of hydrogen-bond donors (Lipinski definition) is 0. The molecule has 0 aliphatic heterocycles. The fourth-order valence-corrected chi connectivity index (χ4v) is 6.29. The van der Waals surface area contributed by atoms with Crippen molar-refractivity contribution in [2.45, 2.75) is 0 Å². The van der Waals surface area contributed by atoms with E-state index >= 15 is 0 Å². The molecule has 0 amide bonds. The number of hydrogen-bond acceptors (Lipinski definition) is 1. The third-order valence-corrected chi connectivity index (χ3v) is 8.43. The molecular weight excluding hydrogens is 518 g/mol. The van der Waals surface area contributed by atoms with Gasteiger partial charge in [-0.2, -0.15) is 0 Å². The van der Waals surface area contributed by atoms with Gasteiger partial charge in [-0.25, -0.2) is 0 Å². The molecule has 0 saturated carbocycles. The lowest BCUT2D eigenvalue weighted by molar-refractivity contribution is 1.28. The highest BCUT2D eigenvalue weighted by Gasteiger charge is 2.19. The standard InChI is InChI=1S/C42H29N/c1-3-9-30(10-4-1)32-17-23-37(24-18-32)43(38-25-19-33(20-26-38)31-11-5-2-6-12-31)39-27-21-34(22-28-39)41-29-36-15-7-13-35-14-8-16-40(41)42(35)36/h1-29H. The topological polar surface area (TPSA) is 3.24 Å². The molecule has 1 nitrogen and oxygen atoms in total. The highest BCUT2D eigenvalue weighted by atomic mass is 15.1. The first-order valence-electron chi connectivity index (χ1n) is 14.8. The predicted molar refractivity (Wildman–Crippen MR) is 183 cm³/mol. The van der Waals surface area contributed by atoms with Crippen molar-refractivity contribution < 1.29 is 0 Å². The van der Waals surface area contributed by atoms with Crippen molar-refractivity contribution in [3.05, 3.63) is 187 Å². The smallest absolute Gasteiger partial charge is 0.0462 e. The van der Waals surface area contributed by atoms with Gasteiger partial charge in [0.05, 0.1) is 0 Å². The molecule has 0 unspecified atom stereocenters. The summed E-state index contributed by atoms with van der Waals surface area (Å²) in [5.41, 5.74) is 13.3. The highest BCUT2D eigenvalue weighted by molar-refractivity contribution is 6.12. The normalized spacial score (nSPS) is 11.9. The Morgan fingerprint density at radius 1 is 0.326 bits per heavy atom. The maximum atomic E-state index is 2.34. The molecule has 0 N–H and O–H groups in total. The van der Waals surface area contributed by atoms with Crippen molar-refractivity contribution in [1.82, 2.24) is 0 Å². The second kappa shape index (κ2) is 10.6. The van der Waals surface area contributed by atoms with Crippen molar-refractivity contribution in [2.24, 2.45) is 0 Å². The van der Waals surface area contributed by atoms with Gasteiger partial charge >= 0.3 is 0 Å². The first-order chi connectivity index (χ1) is 21.3. The Balaban J connectivity index is 1.18. The molecule has 0 aromatic heterocycles. The molecule has 1 aliphatic carbocycles. The third kappa shape index (κ3) is 4.62. The molecule has 0 bridgehead atoms. The zero-order valence-corrected chi connectivity index (χ0v) is 23.7. The fraction of sp³-hybridized carbons (Fsp3) is 0. The maximum Gasteiger partial charge on any atom is 0.0462 e. The minimum Gasteiger partial charge on any atom is -0.311 e. The van der Waals surface area contributed by atoms with Crippen LogP contribution in [0.5, 0.6) is 0 Å². The molecule has 202 valence electrons. The average Bonchev–Trinajstić information content (AvgIpc) is 3.47. The molecule has 0 fully saturated rings. The van der Waals surface area contributed by atoms with E-state index in [1.807, 2.05) is 0 Å². The van der Waals surface area contributed by atoms with Crippen molar-refractivity contribution in [1.29, 1.82) is 0 Å². The molecule has 1 heteroatoms. The molecule has 7 aromatic rings. The van der Waals surface area contributed by atoms with E-state index in [2.05, 4.69) is 181 Å². The molecule has 0 saturated heterocycles. The Morgan fingerprint density at radius 2 is 0.767 bits per heavy atom. The van der Waals surface area contributed by atoms with E-state index in [1.165, 1.54) is 55.3 Å². The van der Waals surface area contributed by atoms with Crippen LogP contribution in [0.2, 0.25) is 0 Å². The van der Waals surface area contributed by atoms with Crippen LogP contribution in [0, 0.1) is 0 Å². The van der Waals surface area contributed by atoms with Gasteiger partial charge in [0.15, 0.2) is 0 Å². The summed E-state index contributed by atoms with van der Waals surface area (Å²) in [5.74, 6) is 0. The van der Waals surface area contributed by atoms with E-state index in [1.54, 1.807) is 0 Å². The lowest BCUT2D eigenvalue weighted by Gasteiger charge is -2.26. The third-order valence-electron chi connectivity index (χ3n) is 8.43. The molecule has 43 heavy (non-hydrogen) atoms. The van der Waals surface area contributed by atoms with Gasteiger partial charge in [0.1, 0.15) is 0 Å². The van der Waals surface area contributed by atoms with Crippen LogP contribution in [-0.4, -0.2) is 0 Å². The largest absolute Gasteiger partial charge is 0.311 e. The molecular formula is C42H29N.